The number of aldehydes is 1. The van der Waals surface area contributed by atoms with Gasteiger partial charge >= 0.3 is 0 Å². The summed E-state index contributed by atoms with van der Waals surface area (Å²) in [5.41, 5.74) is 0. The molecular weight excluding hydrogens is 172 g/mol. The quantitative estimate of drug-likeness (QED) is 0.613. The van der Waals surface area contributed by atoms with Gasteiger partial charge in [-0.2, -0.15) is 0 Å². The summed E-state index contributed by atoms with van der Waals surface area (Å²) >= 11 is 0. The maximum absolute atomic E-state index is 10.6. The van der Waals surface area contributed by atoms with Crippen LogP contribution in [0.25, 0.3) is 0 Å². The minimum Gasteiger partial charge on any atom is -0.303 e. The van der Waals surface area contributed by atoms with Crippen molar-refractivity contribution in [3.63, 3.8) is 0 Å². The molecule has 1 saturated carbocycles. The van der Waals surface area contributed by atoms with Gasteiger partial charge in [-0.25, -0.2) is 0 Å². The molecule has 0 heterocycles. The summed E-state index contributed by atoms with van der Waals surface area (Å²) in [5, 5.41) is 0. The molecule has 1 nitrogen and oxygen atoms in total. The number of hydrogen-bond acceptors (Lipinski definition) is 1. The van der Waals surface area contributed by atoms with Crippen molar-refractivity contribution in [2.45, 2.75) is 52.9 Å². The fourth-order valence-electron chi connectivity index (χ4n) is 2.76. The van der Waals surface area contributed by atoms with E-state index >= 15 is 0 Å². The number of carbonyl (C=O) groups is 1. The highest BCUT2D eigenvalue weighted by atomic mass is 16.1. The van der Waals surface area contributed by atoms with Gasteiger partial charge in [0.25, 0.3) is 0 Å². The first-order valence-corrected chi connectivity index (χ1v) is 6.12. The van der Waals surface area contributed by atoms with Crippen molar-refractivity contribution in [3.8, 4) is 0 Å². The van der Waals surface area contributed by atoms with Crippen molar-refractivity contribution < 1.29 is 4.79 Å². The van der Waals surface area contributed by atoms with E-state index in [-0.39, 0.29) is 5.92 Å². The van der Waals surface area contributed by atoms with E-state index in [2.05, 4.69) is 13.8 Å². The van der Waals surface area contributed by atoms with E-state index in [4.69, 9.17) is 0 Å². The van der Waals surface area contributed by atoms with E-state index in [1.807, 2.05) is 6.92 Å². The summed E-state index contributed by atoms with van der Waals surface area (Å²) < 4.78 is 0. The molecule has 82 valence electrons. The lowest BCUT2D eigenvalue weighted by molar-refractivity contribution is -0.111. The highest BCUT2D eigenvalue weighted by Crippen LogP contribution is 2.39. The van der Waals surface area contributed by atoms with Crippen LogP contribution in [0.2, 0.25) is 0 Å². The molecule has 1 fully saturated rings. The van der Waals surface area contributed by atoms with E-state index in [1.54, 1.807) is 0 Å². The van der Waals surface area contributed by atoms with Gasteiger partial charge in [-0.1, -0.05) is 33.6 Å². The standard InChI is InChI=1S/C13H24O/c1-4-11(3)13-6-5-12(8-13)7-10(2)9-14/h9-13H,4-8H2,1-3H3. The zero-order valence-electron chi connectivity index (χ0n) is 9.83. The zero-order chi connectivity index (χ0) is 10.6. The highest BCUT2D eigenvalue weighted by molar-refractivity contribution is 5.52. The summed E-state index contributed by atoms with van der Waals surface area (Å²) in [6, 6.07) is 0. The predicted octanol–water partition coefficient (Wildman–Crippen LogP) is 3.67. The van der Waals surface area contributed by atoms with Crippen LogP contribution in [0.5, 0.6) is 0 Å². The fraction of sp³-hybridized carbons (Fsp3) is 0.923. The van der Waals surface area contributed by atoms with Crippen LogP contribution < -0.4 is 0 Å². The molecule has 0 N–H and O–H groups in total. The Bertz CT molecular complexity index is 176. The third-order valence-electron chi connectivity index (χ3n) is 3.97. The van der Waals surface area contributed by atoms with Gasteiger partial charge in [-0.3, -0.25) is 0 Å². The van der Waals surface area contributed by atoms with Gasteiger partial charge in [-0.05, 0) is 37.0 Å². The average Bonchev–Trinajstić information content (AvgIpc) is 2.65. The Morgan fingerprint density at radius 1 is 1.36 bits per heavy atom. The van der Waals surface area contributed by atoms with Crippen molar-refractivity contribution in [3.05, 3.63) is 0 Å². The van der Waals surface area contributed by atoms with Crippen molar-refractivity contribution in [1.82, 2.24) is 0 Å². The topological polar surface area (TPSA) is 17.1 Å². The Hall–Kier alpha value is -0.330. The van der Waals surface area contributed by atoms with Crippen LogP contribution in [-0.4, -0.2) is 6.29 Å². The minimum atomic E-state index is 0.274. The van der Waals surface area contributed by atoms with Gasteiger partial charge in [0.1, 0.15) is 6.29 Å². The molecule has 0 aromatic heterocycles. The van der Waals surface area contributed by atoms with Gasteiger partial charge in [0, 0.05) is 5.92 Å². The molecule has 1 aliphatic carbocycles. The molecule has 0 aromatic rings. The smallest absolute Gasteiger partial charge is 0.122 e. The molecule has 1 rings (SSSR count). The highest BCUT2D eigenvalue weighted by Gasteiger charge is 2.28. The SMILES string of the molecule is CCC(C)C1CCC(CC(C)C=O)C1. The lowest BCUT2D eigenvalue weighted by atomic mass is 9.88. The Labute approximate surface area is 88.3 Å². The normalized spacial score (nSPS) is 31.4. The molecule has 0 amide bonds. The molecular formula is C13H24O. The third kappa shape index (κ3) is 3.11. The average molecular weight is 196 g/mol. The van der Waals surface area contributed by atoms with E-state index in [1.165, 1.54) is 25.7 Å². The Morgan fingerprint density at radius 2 is 2.07 bits per heavy atom. The van der Waals surface area contributed by atoms with Gasteiger partial charge in [0.2, 0.25) is 0 Å². The van der Waals surface area contributed by atoms with Gasteiger partial charge in [0.15, 0.2) is 0 Å². The molecule has 1 heteroatoms. The van der Waals surface area contributed by atoms with Crippen molar-refractivity contribution in [2.75, 3.05) is 0 Å². The van der Waals surface area contributed by atoms with Crippen LogP contribution >= 0.6 is 0 Å². The van der Waals surface area contributed by atoms with Crippen LogP contribution in [0.4, 0.5) is 0 Å². The Balaban J connectivity index is 2.30. The maximum Gasteiger partial charge on any atom is 0.122 e. The fourth-order valence-corrected chi connectivity index (χ4v) is 2.76. The minimum absolute atomic E-state index is 0.274. The summed E-state index contributed by atoms with van der Waals surface area (Å²) in [7, 11) is 0. The van der Waals surface area contributed by atoms with E-state index in [0.29, 0.717) is 0 Å². The number of rotatable bonds is 5. The lowest BCUT2D eigenvalue weighted by Crippen LogP contribution is -2.09. The Kier molecular flexibility index (Phi) is 4.64. The van der Waals surface area contributed by atoms with Crippen LogP contribution in [0.3, 0.4) is 0 Å². The maximum atomic E-state index is 10.6. The molecule has 1 aliphatic rings. The molecule has 0 saturated heterocycles. The third-order valence-corrected chi connectivity index (χ3v) is 3.97. The Morgan fingerprint density at radius 3 is 2.64 bits per heavy atom. The first-order valence-electron chi connectivity index (χ1n) is 6.12. The molecule has 14 heavy (non-hydrogen) atoms. The van der Waals surface area contributed by atoms with Crippen LogP contribution in [0.15, 0.2) is 0 Å². The molecule has 0 bridgehead atoms. The second-order valence-corrected chi connectivity index (χ2v) is 5.17. The van der Waals surface area contributed by atoms with E-state index in [9.17, 15) is 4.79 Å². The summed E-state index contributed by atoms with van der Waals surface area (Å²) in [4.78, 5) is 10.6. The zero-order valence-corrected chi connectivity index (χ0v) is 9.83. The summed E-state index contributed by atoms with van der Waals surface area (Å²) in [6.45, 7) is 6.70. The molecule has 4 unspecified atom stereocenters. The first-order chi connectivity index (χ1) is 6.67. The lowest BCUT2D eigenvalue weighted by Gasteiger charge is -2.17. The number of hydrogen-bond donors (Lipinski definition) is 0. The molecule has 0 spiro atoms. The van der Waals surface area contributed by atoms with Crippen LogP contribution in [-0.2, 0) is 4.79 Å². The number of carbonyl (C=O) groups excluding carboxylic acids is 1. The van der Waals surface area contributed by atoms with Crippen molar-refractivity contribution in [2.24, 2.45) is 23.7 Å². The van der Waals surface area contributed by atoms with Gasteiger partial charge in [0.05, 0.1) is 0 Å². The van der Waals surface area contributed by atoms with Crippen molar-refractivity contribution in [1.29, 1.82) is 0 Å². The van der Waals surface area contributed by atoms with Crippen LogP contribution in [0, 0.1) is 23.7 Å². The van der Waals surface area contributed by atoms with Crippen LogP contribution in [0.1, 0.15) is 52.9 Å². The summed E-state index contributed by atoms with van der Waals surface area (Å²) in [6.07, 6.45) is 7.65. The second kappa shape index (κ2) is 5.53. The molecule has 4 atom stereocenters. The predicted molar refractivity (Wildman–Crippen MR) is 60.1 cm³/mol. The van der Waals surface area contributed by atoms with E-state index < -0.39 is 0 Å². The monoisotopic (exact) mass is 196 g/mol. The second-order valence-electron chi connectivity index (χ2n) is 5.17. The van der Waals surface area contributed by atoms with Gasteiger partial charge in [-0.15, -0.1) is 0 Å². The van der Waals surface area contributed by atoms with E-state index in [0.717, 1.165) is 30.5 Å². The first kappa shape index (κ1) is 11.7. The molecule has 0 radical (unpaired) electrons. The molecule has 0 aliphatic heterocycles. The summed E-state index contributed by atoms with van der Waals surface area (Å²) in [5.74, 6) is 2.92. The van der Waals surface area contributed by atoms with Gasteiger partial charge < -0.3 is 4.79 Å². The van der Waals surface area contributed by atoms with Crippen molar-refractivity contribution >= 4 is 6.29 Å². The largest absolute Gasteiger partial charge is 0.303 e. The molecule has 0 aromatic carbocycles.